The molecule has 1 aromatic heterocycles. The van der Waals surface area contributed by atoms with E-state index in [4.69, 9.17) is 11.6 Å². The van der Waals surface area contributed by atoms with Crippen molar-refractivity contribution < 1.29 is 4.79 Å². The highest BCUT2D eigenvalue weighted by atomic mass is 35.5. The van der Waals surface area contributed by atoms with Crippen LogP contribution in [0.4, 0.5) is 0 Å². The number of nitrogens with zero attached hydrogens (tertiary/aromatic N) is 3. The molecule has 6 heteroatoms. The van der Waals surface area contributed by atoms with Crippen LogP contribution >= 0.6 is 23.1 Å². The Kier molecular flexibility index (Phi) is 3.99. The minimum atomic E-state index is 0.0623. The number of aromatic nitrogens is 2. The molecule has 1 fully saturated rings. The van der Waals surface area contributed by atoms with Gasteiger partial charge < -0.3 is 4.90 Å². The molecule has 0 N–H and O–H groups in total. The third-order valence-electron chi connectivity index (χ3n) is 2.97. The number of halogens is 1. The van der Waals surface area contributed by atoms with Gasteiger partial charge in [-0.2, -0.15) is 0 Å². The summed E-state index contributed by atoms with van der Waals surface area (Å²) in [5, 5.41) is 4.25. The van der Waals surface area contributed by atoms with Crippen LogP contribution in [0, 0.1) is 0 Å². The van der Waals surface area contributed by atoms with Crippen molar-refractivity contribution in [2.45, 2.75) is 38.0 Å². The van der Waals surface area contributed by atoms with Crippen LogP contribution in [0.2, 0.25) is 0 Å². The van der Waals surface area contributed by atoms with E-state index in [2.05, 4.69) is 9.59 Å². The van der Waals surface area contributed by atoms with E-state index >= 15 is 0 Å². The van der Waals surface area contributed by atoms with Crippen molar-refractivity contribution >= 4 is 29.0 Å². The SMILES string of the molecule is CC(C)c1nnsc1C(=O)N1CCC(Cl)CC1. The molecule has 0 saturated carbocycles. The first-order valence-corrected chi connectivity index (χ1v) is 7.06. The number of amides is 1. The van der Waals surface area contributed by atoms with E-state index in [1.165, 1.54) is 11.5 Å². The number of hydrogen-bond acceptors (Lipinski definition) is 4. The number of rotatable bonds is 2. The van der Waals surface area contributed by atoms with Crippen LogP contribution in [-0.2, 0) is 0 Å². The Bertz CT molecular complexity index is 399. The minimum Gasteiger partial charge on any atom is -0.338 e. The molecule has 0 spiro atoms. The van der Waals surface area contributed by atoms with Crippen LogP contribution in [0.3, 0.4) is 0 Å². The minimum absolute atomic E-state index is 0.0623. The first-order chi connectivity index (χ1) is 8.09. The van der Waals surface area contributed by atoms with Gasteiger partial charge in [0.15, 0.2) is 0 Å². The largest absolute Gasteiger partial charge is 0.338 e. The molecule has 2 heterocycles. The van der Waals surface area contributed by atoms with Crippen LogP contribution in [0.1, 0.15) is 48.0 Å². The summed E-state index contributed by atoms with van der Waals surface area (Å²) in [6.07, 6.45) is 1.74. The fourth-order valence-corrected chi connectivity index (χ4v) is 2.90. The van der Waals surface area contributed by atoms with Crippen molar-refractivity contribution in [3.63, 3.8) is 0 Å². The second-order valence-electron chi connectivity index (χ2n) is 4.61. The summed E-state index contributed by atoms with van der Waals surface area (Å²) in [6.45, 7) is 5.53. The highest BCUT2D eigenvalue weighted by Crippen LogP contribution is 2.24. The second kappa shape index (κ2) is 5.31. The van der Waals surface area contributed by atoms with Crippen molar-refractivity contribution in [3.05, 3.63) is 10.6 Å². The number of piperidine rings is 1. The average molecular weight is 274 g/mol. The zero-order chi connectivity index (χ0) is 12.4. The predicted molar refractivity (Wildman–Crippen MR) is 68.8 cm³/mol. The van der Waals surface area contributed by atoms with Gasteiger partial charge in [-0.25, -0.2) is 0 Å². The average Bonchev–Trinajstić information content (AvgIpc) is 2.78. The molecule has 94 valence electrons. The molecule has 0 aromatic carbocycles. The third kappa shape index (κ3) is 2.77. The van der Waals surface area contributed by atoms with Gasteiger partial charge in [0.2, 0.25) is 0 Å². The molecule has 17 heavy (non-hydrogen) atoms. The molecule has 0 unspecified atom stereocenters. The van der Waals surface area contributed by atoms with Gasteiger partial charge in [-0.3, -0.25) is 4.79 Å². The molecule has 0 atom stereocenters. The summed E-state index contributed by atoms with van der Waals surface area (Å²) in [7, 11) is 0. The van der Waals surface area contributed by atoms with Crippen molar-refractivity contribution in [1.29, 1.82) is 0 Å². The van der Waals surface area contributed by atoms with Crippen molar-refractivity contribution in [2.75, 3.05) is 13.1 Å². The molecule has 1 aliphatic heterocycles. The zero-order valence-corrected chi connectivity index (χ0v) is 11.6. The standard InChI is InChI=1S/C11H16ClN3OS/c1-7(2)9-10(17-14-13-9)11(16)15-5-3-8(12)4-6-15/h7-8H,3-6H2,1-2H3. The topological polar surface area (TPSA) is 46.1 Å². The van der Waals surface area contributed by atoms with Crippen LogP contribution < -0.4 is 0 Å². The highest BCUT2D eigenvalue weighted by molar-refractivity contribution is 7.08. The maximum absolute atomic E-state index is 12.3. The van der Waals surface area contributed by atoms with E-state index in [1.54, 1.807) is 0 Å². The molecular weight excluding hydrogens is 258 g/mol. The van der Waals surface area contributed by atoms with Crippen molar-refractivity contribution in [1.82, 2.24) is 14.5 Å². The molecule has 1 amide bonds. The van der Waals surface area contributed by atoms with Gasteiger partial charge >= 0.3 is 0 Å². The van der Waals surface area contributed by atoms with Crippen LogP contribution in [0.25, 0.3) is 0 Å². The van der Waals surface area contributed by atoms with E-state index in [0.29, 0.717) is 4.88 Å². The molecule has 0 radical (unpaired) electrons. The number of hydrogen-bond donors (Lipinski definition) is 0. The van der Waals surface area contributed by atoms with E-state index in [-0.39, 0.29) is 17.2 Å². The third-order valence-corrected chi connectivity index (χ3v) is 4.13. The van der Waals surface area contributed by atoms with Gasteiger partial charge in [0.1, 0.15) is 4.88 Å². The smallest absolute Gasteiger partial charge is 0.267 e. The van der Waals surface area contributed by atoms with E-state index < -0.39 is 0 Å². The summed E-state index contributed by atoms with van der Waals surface area (Å²) in [5.41, 5.74) is 0.813. The first kappa shape index (κ1) is 12.8. The normalized spacial score (nSPS) is 17.8. The van der Waals surface area contributed by atoms with E-state index in [1.807, 2.05) is 18.7 Å². The molecule has 0 bridgehead atoms. The number of carbonyl (C=O) groups is 1. The van der Waals surface area contributed by atoms with E-state index in [9.17, 15) is 4.79 Å². The summed E-state index contributed by atoms with van der Waals surface area (Å²) in [6, 6.07) is 0. The lowest BCUT2D eigenvalue weighted by atomic mass is 10.1. The summed E-state index contributed by atoms with van der Waals surface area (Å²) in [4.78, 5) is 14.9. The Morgan fingerprint density at radius 3 is 2.71 bits per heavy atom. The molecular formula is C11H16ClN3OS. The van der Waals surface area contributed by atoms with Gasteiger partial charge in [0.25, 0.3) is 5.91 Å². The van der Waals surface area contributed by atoms with Crippen LogP contribution in [0.15, 0.2) is 0 Å². The predicted octanol–water partition coefficient (Wildman–Crippen LogP) is 2.50. The summed E-state index contributed by atoms with van der Waals surface area (Å²) in [5.74, 6) is 0.297. The van der Waals surface area contributed by atoms with Gasteiger partial charge in [-0.05, 0) is 30.3 Å². The lowest BCUT2D eigenvalue weighted by Crippen LogP contribution is -2.38. The molecule has 2 rings (SSSR count). The van der Waals surface area contributed by atoms with Crippen molar-refractivity contribution in [3.8, 4) is 0 Å². The van der Waals surface area contributed by atoms with Crippen LogP contribution in [-0.4, -0.2) is 38.9 Å². The molecule has 4 nitrogen and oxygen atoms in total. The summed E-state index contributed by atoms with van der Waals surface area (Å²) >= 11 is 7.23. The number of likely N-dealkylation sites (tertiary alicyclic amines) is 1. The monoisotopic (exact) mass is 273 g/mol. The lowest BCUT2D eigenvalue weighted by Gasteiger charge is -2.29. The fourth-order valence-electron chi connectivity index (χ4n) is 1.92. The van der Waals surface area contributed by atoms with Gasteiger partial charge in [-0.1, -0.05) is 18.3 Å². The molecule has 1 aromatic rings. The van der Waals surface area contributed by atoms with Crippen LogP contribution in [0.5, 0.6) is 0 Å². The quantitative estimate of drug-likeness (QED) is 0.778. The Morgan fingerprint density at radius 2 is 2.12 bits per heavy atom. The zero-order valence-electron chi connectivity index (χ0n) is 10.0. The number of carbonyl (C=O) groups excluding carboxylic acids is 1. The molecule has 0 aliphatic carbocycles. The van der Waals surface area contributed by atoms with Crippen molar-refractivity contribution in [2.24, 2.45) is 0 Å². The number of alkyl halides is 1. The Balaban J connectivity index is 2.11. The second-order valence-corrected chi connectivity index (χ2v) is 5.98. The Labute approximate surface area is 110 Å². The fraction of sp³-hybridized carbons (Fsp3) is 0.727. The Hall–Kier alpha value is -0.680. The first-order valence-electron chi connectivity index (χ1n) is 5.85. The Morgan fingerprint density at radius 1 is 1.47 bits per heavy atom. The highest BCUT2D eigenvalue weighted by Gasteiger charge is 2.26. The van der Waals surface area contributed by atoms with Gasteiger partial charge in [0, 0.05) is 18.5 Å². The maximum Gasteiger partial charge on any atom is 0.267 e. The van der Waals surface area contributed by atoms with E-state index in [0.717, 1.165) is 31.6 Å². The van der Waals surface area contributed by atoms with Gasteiger partial charge in [-0.15, -0.1) is 16.7 Å². The molecule has 1 aliphatic rings. The molecule has 1 saturated heterocycles. The summed E-state index contributed by atoms with van der Waals surface area (Å²) < 4.78 is 3.89. The van der Waals surface area contributed by atoms with Gasteiger partial charge in [0.05, 0.1) is 5.69 Å². The maximum atomic E-state index is 12.3. The lowest BCUT2D eigenvalue weighted by molar-refractivity contribution is 0.0729.